The van der Waals surface area contributed by atoms with Gasteiger partial charge in [0.2, 0.25) is 0 Å². The van der Waals surface area contributed by atoms with Crippen LogP contribution in [0.15, 0.2) is 46.1 Å². The van der Waals surface area contributed by atoms with E-state index in [-0.39, 0.29) is 11.1 Å². The van der Waals surface area contributed by atoms with E-state index in [2.05, 4.69) is 69.1 Å². The Morgan fingerprint density at radius 3 is 1.82 bits per heavy atom. The molecule has 0 unspecified atom stereocenters. The maximum atomic E-state index is 4.42. The SMILES string of the molecule is CC(=C1C(C)(C)N=NC1(C)C)c1ccccc1. The first-order chi connectivity index (χ1) is 7.84. The molecule has 1 aromatic carbocycles. The van der Waals surface area contributed by atoms with Crippen LogP contribution in [0.2, 0.25) is 0 Å². The number of allylic oxidation sites excluding steroid dienone is 1. The van der Waals surface area contributed by atoms with Gasteiger partial charge in [-0.25, -0.2) is 0 Å². The van der Waals surface area contributed by atoms with Gasteiger partial charge in [0.15, 0.2) is 0 Å². The van der Waals surface area contributed by atoms with Gasteiger partial charge in [-0.3, -0.25) is 0 Å². The summed E-state index contributed by atoms with van der Waals surface area (Å²) in [5, 5.41) is 8.83. The third-order valence-electron chi connectivity index (χ3n) is 3.36. The van der Waals surface area contributed by atoms with Gasteiger partial charge < -0.3 is 0 Å². The Morgan fingerprint density at radius 1 is 0.882 bits per heavy atom. The Kier molecular flexibility index (Phi) is 2.69. The zero-order valence-corrected chi connectivity index (χ0v) is 11.3. The van der Waals surface area contributed by atoms with Gasteiger partial charge in [0.05, 0.1) is 11.1 Å². The van der Waals surface area contributed by atoms with Crippen molar-refractivity contribution >= 4 is 5.57 Å². The lowest BCUT2D eigenvalue weighted by Crippen LogP contribution is -2.28. The zero-order valence-electron chi connectivity index (χ0n) is 11.3. The molecule has 90 valence electrons. The first kappa shape index (κ1) is 12.0. The quantitative estimate of drug-likeness (QED) is 0.677. The maximum Gasteiger partial charge on any atom is 0.0998 e. The molecule has 2 heteroatoms. The minimum atomic E-state index is -0.191. The Bertz CT molecular complexity index is 459. The fourth-order valence-corrected chi connectivity index (χ4v) is 2.85. The summed E-state index contributed by atoms with van der Waals surface area (Å²) in [4.78, 5) is 0. The molecule has 2 nitrogen and oxygen atoms in total. The minimum Gasteiger partial charge on any atom is -0.183 e. The van der Waals surface area contributed by atoms with Crippen molar-refractivity contribution in [3.63, 3.8) is 0 Å². The summed E-state index contributed by atoms with van der Waals surface area (Å²) in [6.07, 6.45) is 0. The second kappa shape index (κ2) is 3.80. The number of nitrogens with zero attached hydrogens (tertiary/aromatic N) is 2. The molecule has 1 aliphatic heterocycles. The monoisotopic (exact) mass is 228 g/mol. The fourth-order valence-electron chi connectivity index (χ4n) is 2.85. The largest absolute Gasteiger partial charge is 0.183 e. The summed E-state index contributed by atoms with van der Waals surface area (Å²) in [7, 11) is 0. The third kappa shape index (κ3) is 2.04. The fraction of sp³-hybridized carbons (Fsp3) is 0.467. The van der Waals surface area contributed by atoms with Gasteiger partial charge in [-0.05, 0) is 51.3 Å². The Balaban J connectivity index is 2.58. The summed E-state index contributed by atoms with van der Waals surface area (Å²) in [6, 6.07) is 10.5. The van der Waals surface area contributed by atoms with Crippen molar-refractivity contribution in [2.45, 2.75) is 45.7 Å². The van der Waals surface area contributed by atoms with Crippen LogP contribution in [-0.2, 0) is 0 Å². The number of benzene rings is 1. The number of rotatable bonds is 1. The lowest BCUT2D eigenvalue weighted by Gasteiger charge is -2.26. The third-order valence-corrected chi connectivity index (χ3v) is 3.36. The summed E-state index contributed by atoms with van der Waals surface area (Å²) in [5.74, 6) is 0. The molecule has 0 bridgehead atoms. The molecule has 1 aromatic rings. The molecule has 0 saturated heterocycles. The molecular formula is C15H20N2. The average molecular weight is 228 g/mol. The molecule has 0 atom stereocenters. The molecule has 0 aromatic heterocycles. The van der Waals surface area contributed by atoms with Gasteiger partial charge in [-0.1, -0.05) is 30.3 Å². The van der Waals surface area contributed by atoms with Crippen LogP contribution in [0.1, 0.15) is 40.2 Å². The van der Waals surface area contributed by atoms with E-state index in [0.29, 0.717) is 0 Å². The lowest BCUT2D eigenvalue weighted by molar-refractivity contribution is 0.578. The normalized spacial score (nSPS) is 20.6. The van der Waals surface area contributed by atoms with Crippen LogP contribution in [0, 0.1) is 0 Å². The molecule has 0 radical (unpaired) electrons. The van der Waals surface area contributed by atoms with E-state index in [0.717, 1.165) is 0 Å². The lowest BCUT2D eigenvalue weighted by atomic mass is 9.79. The van der Waals surface area contributed by atoms with Crippen molar-refractivity contribution < 1.29 is 0 Å². The first-order valence-corrected chi connectivity index (χ1v) is 6.06. The highest BCUT2D eigenvalue weighted by atomic mass is 15.2. The molecule has 0 amide bonds. The van der Waals surface area contributed by atoms with Gasteiger partial charge in [0, 0.05) is 0 Å². The minimum absolute atomic E-state index is 0.191. The Morgan fingerprint density at radius 2 is 1.35 bits per heavy atom. The Labute approximate surface area is 103 Å². The van der Waals surface area contributed by atoms with Crippen LogP contribution in [0.4, 0.5) is 0 Å². The van der Waals surface area contributed by atoms with E-state index < -0.39 is 0 Å². The molecule has 0 aliphatic carbocycles. The van der Waals surface area contributed by atoms with Crippen LogP contribution >= 0.6 is 0 Å². The zero-order chi connectivity index (χ0) is 12.7. The summed E-state index contributed by atoms with van der Waals surface area (Å²) >= 11 is 0. The molecule has 0 N–H and O–H groups in total. The van der Waals surface area contributed by atoms with Crippen molar-refractivity contribution in [3.8, 4) is 0 Å². The van der Waals surface area contributed by atoms with Crippen LogP contribution in [-0.4, -0.2) is 11.1 Å². The van der Waals surface area contributed by atoms with Crippen LogP contribution in [0.25, 0.3) is 5.57 Å². The van der Waals surface area contributed by atoms with E-state index in [1.807, 2.05) is 6.07 Å². The van der Waals surface area contributed by atoms with E-state index in [4.69, 9.17) is 0 Å². The molecule has 2 rings (SSSR count). The van der Waals surface area contributed by atoms with Gasteiger partial charge in [-0.2, -0.15) is 10.2 Å². The van der Waals surface area contributed by atoms with E-state index in [9.17, 15) is 0 Å². The molecule has 0 spiro atoms. The van der Waals surface area contributed by atoms with E-state index in [1.165, 1.54) is 16.7 Å². The average Bonchev–Trinajstić information content (AvgIpc) is 2.49. The molecule has 1 heterocycles. The maximum absolute atomic E-state index is 4.42. The van der Waals surface area contributed by atoms with Crippen molar-refractivity contribution in [2.75, 3.05) is 0 Å². The van der Waals surface area contributed by atoms with Crippen LogP contribution < -0.4 is 0 Å². The van der Waals surface area contributed by atoms with Crippen molar-refractivity contribution in [3.05, 3.63) is 41.5 Å². The molecular weight excluding hydrogens is 208 g/mol. The highest BCUT2D eigenvalue weighted by Gasteiger charge is 2.42. The van der Waals surface area contributed by atoms with Crippen molar-refractivity contribution in [1.29, 1.82) is 0 Å². The molecule has 0 saturated carbocycles. The molecule has 1 aliphatic rings. The second-order valence-electron chi connectivity index (χ2n) is 5.68. The second-order valence-corrected chi connectivity index (χ2v) is 5.68. The van der Waals surface area contributed by atoms with Crippen LogP contribution in [0.3, 0.4) is 0 Å². The first-order valence-electron chi connectivity index (χ1n) is 6.06. The molecule has 0 fully saturated rings. The Hall–Kier alpha value is -1.44. The number of azo groups is 1. The summed E-state index contributed by atoms with van der Waals surface area (Å²) in [6.45, 7) is 10.7. The smallest absolute Gasteiger partial charge is 0.0998 e. The topological polar surface area (TPSA) is 24.7 Å². The van der Waals surface area contributed by atoms with Gasteiger partial charge in [0.25, 0.3) is 0 Å². The highest BCUT2D eigenvalue weighted by Crippen LogP contribution is 2.43. The summed E-state index contributed by atoms with van der Waals surface area (Å²) in [5.41, 5.74) is 3.49. The van der Waals surface area contributed by atoms with Crippen molar-refractivity contribution in [1.82, 2.24) is 0 Å². The van der Waals surface area contributed by atoms with Gasteiger partial charge >= 0.3 is 0 Å². The predicted octanol–water partition coefficient (Wildman–Crippen LogP) is 4.48. The van der Waals surface area contributed by atoms with E-state index in [1.54, 1.807) is 0 Å². The van der Waals surface area contributed by atoms with Crippen molar-refractivity contribution in [2.24, 2.45) is 10.2 Å². The van der Waals surface area contributed by atoms with Crippen LogP contribution in [0.5, 0.6) is 0 Å². The number of hydrogen-bond donors (Lipinski definition) is 0. The number of hydrogen-bond acceptors (Lipinski definition) is 2. The van der Waals surface area contributed by atoms with E-state index >= 15 is 0 Å². The standard InChI is InChI=1S/C15H20N2/c1-11(12-9-7-6-8-10-12)13-14(2,3)16-17-15(13,4)5/h6-10H,1-5H3. The van der Waals surface area contributed by atoms with Gasteiger partial charge in [-0.15, -0.1) is 0 Å². The highest BCUT2D eigenvalue weighted by molar-refractivity contribution is 5.71. The van der Waals surface area contributed by atoms with Gasteiger partial charge in [0.1, 0.15) is 0 Å². The predicted molar refractivity (Wildman–Crippen MR) is 72.1 cm³/mol. The summed E-state index contributed by atoms with van der Waals surface area (Å²) < 4.78 is 0. The molecule has 17 heavy (non-hydrogen) atoms.